The second-order valence-corrected chi connectivity index (χ2v) is 2.66. The molecule has 0 fully saturated rings. The molecule has 0 amide bonds. The third kappa shape index (κ3) is 1.75. The van der Waals surface area contributed by atoms with Gasteiger partial charge in [0.05, 0.1) is 11.1 Å². The van der Waals surface area contributed by atoms with Crippen molar-refractivity contribution >= 4 is 0 Å². The molecule has 0 aliphatic heterocycles. The summed E-state index contributed by atoms with van der Waals surface area (Å²) in [6.07, 6.45) is -2.76. The van der Waals surface area contributed by atoms with E-state index in [9.17, 15) is 13.9 Å². The van der Waals surface area contributed by atoms with E-state index in [4.69, 9.17) is 5.26 Å². The third-order valence-corrected chi connectivity index (χ3v) is 1.64. The zero-order valence-corrected chi connectivity index (χ0v) is 6.88. The highest BCUT2D eigenvalue weighted by molar-refractivity contribution is 5.50. The number of halogens is 2. The van der Waals surface area contributed by atoms with Gasteiger partial charge >= 0.3 is 0 Å². The van der Waals surface area contributed by atoms with Crippen LogP contribution < -0.4 is 0 Å². The maximum atomic E-state index is 12.3. The number of hydrogen-bond donors (Lipinski definition) is 1. The van der Waals surface area contributed by atoms with Gasteiger partial charge in [0.1, 0.15) is 11.8 Å². The molecule has 0 unspecified atom stereocenters. The van der Waals surface area contributed by atoms with Crippen molar-refractivity contribution in [1.82, 2.24) is 0 Å². The first-order valence-electron chi connectivity index (χ1n) is 3.58. The van der Waals surface area contributed by atoms with Gasteiger partial charge in [-0.15, -0.1) is 0 Å². The molecule has 0 bridgehead atoms. The molecule has 68 valence electrons. The smallest absolute Gasteiger partial charge is 0.267 e. The van der Waals surface area contributed by atoms with Crippen molar-refractivity contribution in [3.8, 4) is 11.8 Å². The van der Waals surface area contributed by atoms with E-state index in [0.29, 0.717) is 5.56 Å². The standard InChI is InChI=1S/C9H7F2NO/c1-5-2-6(4-12)8(13)7(3-5)9(10)11/h2-3,9,13H,1H3. The molecule has 1 aromatic carbocycles. The molecule has 0 aliphatic carbocycles. The highest BCUT2D eigenvalue weighted by Gasteiger charge is 2.16. The summed E-state index contributed by atoms with van der Waals surface area (Å²) in [5, 5.41) is 17.7. The third-order valence-electron chi connectivity index (χ3n) is 1.64. The number of nitriles is 1. The summed E-state index contributed by atoms with van der Waals surface area (Å²) in [6, 6.07) is 4.18. The minimum Gasteiger partial charge on any atom is -0.506 e. The molecule has 13 heavy (non-hydrogen) atoms. The molecule has 0 atom stereocenters. The van der Waals surface area contributed by atoms with Crippen LogP contribution in [0, 0.1) is 18.3 Å². The van der Waals surface area contributed by atoms with E-state index in [1.165, 1.54) is 12.1 Å². The predicted octanol–water partition coefficient (Wildman–Crippen LogP) is 2.51. The van der Waals surface area contributed by atoms with Crippen molar-refractivity contribution in [3.05, 3.63) is 28.8 Å². The Bertz CT molecular complexity index is 369. The molecule has 0 heterocycles. The summed E-state index contributed by atoms with van der Waals surface area (Å²) in [5.41, 5.74) is -0.0727. The van der Waals surface area contributed by atoms with Gasteiger partial charge in [-0.1, -0.05) is 0 Å². The minimum absolute atomic E-state index is 0.115. The van der Waals surface area contributed by atoms with Gasteiger partial charge in [0.2, 0.25) is 0 Å². The Kier molecular flexibility index (Phi) is 2.47. The van der Waals surface area contributed by atoms with Gasteiger partial charge in [0.15, 0.2) is 0 Å². The van der Waals surface area contributed by atoms with Gasteiger partial charge in [-0.05, 0) is 24.6 Å². The second kappa shape index (κ2) is 3.40. The van der Waals surface area contributed by atoms with E-state index >= 15 is 0 Å². The number of aryl methyl sites for hydroxylation is 1. The number of rotatable bonds is 1. The zero-order chi connectivity index (χ0) is 10.0. The van der Waals surface area contributed by atoms with Crippen molar-refractivity contribution in [2.24, 2.45) is 0 Å². The van der Waals surface area contributed by atoms with Gasteiger partial charge in [-0.2, -0.15) is 5.26 Å². The van der Waals surface area contributed by atoms with Gasteiger partial charge < -0.3 is 5.11 Å². The largest absolute Gasteiger partial charge is 0.506 e. The van der Waals surface area contributed by atoms with Crippen LogP contribution >= 0.6 is 0 Å². The fourth-order valence-corrected chi connectivity index (χ4v) is 1.06. The van der Waals surface area contributed by atoms with Gasteiger partial charge in [-0.25, -0.2) is 8.78 Å². The van der Waals surface area contributed by atoms with Crippen molar-refractivity contribution in [1.29, 1.82) is 5.26 Å². The topological polar surface area (TPSA) is 44.0 Å². The minimum atomic E-state index is -2.76. The fraction of sp³-hybridized carbons (Fsp3) is 0.222. The van der Waals surface area contributed by atoms with E-state index in [1.807, 2.05) is 0 Å². The van der Waals surface area contributed by atoms with Crippen LogP contribution in [-0.2, 0) is 0 Å². The maximum Gasteiger partial charge on any atom is 0.267 e. The van der Waals surface area contributed by atoms with Crippen LogP contribution in [0.1, 0.15) is 23.1 Å². The molecule has 1 aromatic rings. The molecular formula is C9H7F2NO. The molecule has 0 saturated heterocycles. The van der Waals surface area contributed by atoms with Crippen LogP contribution in [0.5, 0.6) is 5.75 Å². The van der Waals surface area contributed by atoms with E-state index in [1.54, 1.807) is 13.0 Å². The molecule has 4 heteroatoms. The lowest BCUT2D eigenvalue weighted by atomic mass is 10.1. The summed E-state index contributed by atoms with van der Waals surface area (Å²) < 4.78 is 24.5. The first-order valence-corrected chi connectivity index (χ1v) is 3.58. The quantitative estimate of drug-likeness (QED) is 0.726. The first-order chi connectivity index (χ1) is 6.06. The number of aromatic hydroxyl groups is 1. The number of phenolic OH excluding ortho intramolecular Hbond substituents is 1. The van der Waals surface area contributed by atoms with Crippen molar-refractivity contribution < 1.29 is 13.9 Å². The molecule has 0 aliphatic rings. The van der Waals surface area contributed by atoms with Crippen molar-refractivity contribution in [3.63, 3.8) is 0 Å². The lowest BCUT2D eigenvalue weighted by Gasteiger charge is -2.05. The maximum absolute atomic E-state index is 12.3. The summed E-state index contributed by atoms with van der Waals surface area (Å²) >= 11 is 0. The van der Waals surface area contributed by atoms with Gasteiger partial charge in [-0.3, -0.25) is 0 Å². The summed E-state index contributed by atoms with van der Waals surface area (Å²) in [5.74, 6) is -0.622. The Balaban J connectivity index is 3.38. The Hall–Kier alpha value is -1.63. The molecule has 2 nitrogen and oxygen atoms in total. The van der Waals surface area contributed by atoms with E-state index < -0.39 is 17.7 Å². The predicted molar refractivity (Wildman–Crippen MR) is 42.5 cm³/mol. The van der Waals surface area contributed by atoms with E-state index in [2.05, 4.69) is 0 Å². The van der Waals surface area contributed by atoms with Gasteiger partial charge in [0.25, 0.3) is 6.43 Å². The first kappa shape index (κ1) is 9.46. The van der Waals surface area contributed by atoms with E-state index in [-0.39, 0.29) is 5.56 Å². The summed E-state index contributed by atoms with van der Waals surface area (Å²) in [7, 11) is 0. The van der Waals surface area contributed by atoms with Crippen LogP contribution in [0.2, 0.25) is 0 Å². The Labute approximate surface area is 74.0 Å². The summed E-state index contributed by atoms with van der Waals surface area (Å²) in [4.78, 5) is 0. The number of hydrogen-bond acceptors (Lipinski definition) is 2. The zero-order valence-electron chi connectivity index (χ0n) is 6.88. The Morgan fingerprint density at radius 2 is 2.08 bits per heavy atom. The number of phenols is 1. The highest BCUT2D eigenvalue weighted by Crippen LogP contribution is 2.31. The molecule has 1 N–H and O–H groups in total. The van der Waals surface area contributed by atoms with Gasteiger partial charge in [0, 0.05) is 0 Å². The highest BCUT2D eigenvalue weighted by atomic mass is 19.3. The molecule has 0 saturated carbocycles. The Morgan fingerprint density at radius 1 is 1.46 bits per heavy atom. The Morgan fingerprint density at radius 3 is 2.54 bits per heavy atom. The van der Waals surface area contributed by atoms with Crippen LogP contribution in [0.15, 0.2) is 12.1 Å². The summed E-state index contributed by atoms with van der Waals surface area (Å²) in [6.45, 7) is 1.59. The molecule has 0 aromatic heterocycles. The SMILES string of the molecule is Cc1cc(C#N)c(O)c(C(F)F)c1. The lowest BCUT2D eigenvalue weighted by molar-refractivity contribution is 0.147. The second-order valence-electron chi connectivity index (χ2n) is 2.66. The van der Waals surface area contributed by atoms with Crippen LogP contribution in [0.3, 0.4) is 0 Å². The molecule has 0 radical (unpaired) electrons. The van der Waals surface area contributed by atoms with Crippen molar-refractivity contribution in [2.45, 2.75) is 13.3 Å². The number of nitrogens with zero attached hydrogens (tertiary/aromatic N) is 1. The lowest BCUT2D eigenvalue weighted by Crippen LogP contribution is -1.90. The van der Waals surface area contributed by atoms with Crippen LogP contribution in [0.4, 0.5) is 8.78 Å². The molecule has 0 spiro atoms. The molecular weight excluding hydrogens is 176 g/mol. The van der Waals surface area contributed by atoms with E-state index in [0.717, 1.165) is 0 Å². The molecule has 1 rings (SSSR count). The van der Waals surface area contributed by atoms with Crippen molar-refractivity contribution in [2.75, 3.05) is 0 Å². The monoisotopic (exact) mass is 183 g/mol. The van der Waals surface area contributed by atoms with Crippen LogP contribution in [-0.4, -0.2) is 5.11 Å². The number of alkyl halides is 2. The number of benzene rings is 1. The van der Waals surface area contributed by atoms with Crippen LogP contribution in [0.25, 0.3) is 0 Å². The fourth-order valence-electron chi connectivity index (χ4n) is 1.06. The normalized spacial score (nSPS) is 10.1. The average molecular weight is 183 g/mol. The average Bonchev–Trinajstić information content (AvgIpc) is 2.08.